The van der Waals surface area contributed by atoms with Crippen LogP contribution < -0.4 is 10.1 Å². The van der Waals surface area contributed by atoms with Gasteiger partial charge in [-0.25, -0.2) is 4.79 Å². The highest BCUT2D eigenvalue weighted by Crippen LogP contribution is 2.29. The monoisotopic (exact) mass is 400 g/mol. The first kappa shape index (κ1) is 19.4. The highest BCUT2D eigenvalue weighted by atomic mass is 19.3. The lowest BCUT2D eigenvalue weighted by Gasteiger charge is -2.26. The maximum Gasteiger partial charge on any atom is 0.387 e. The predicted molar refractivity (Wildman–Crippen MR) is 106 cm³/mol. The second-order valence-electron chi connectivity index (χ2n) is 7.27. The van der Waals surface area contributed by atoms with E-state index in [2.05, 4.69) is 10.1 Å². The summed E-state index contributed by atoms with van der Waals surface area (Å²) in [5, 5.41) is 14.3. The number of fused-ring (bicyclic) bond motifs is 1. The zero-order valence-corrected chi connectivity index (χ0v) is 15.8. The number of aromatic nitrogens is 1. The van der Waals surface area contributed by atoms with Gasteiger partial charge in [0.1, 0.15) is 11.4 Å². The fourth-order valence-corrected chi connectivity index (χ4v) is 3.78. The van der Waals surface area contributed by atoms with Crippen LogP contribution in [0.1, 0.15) is 40.9 Å². The van der Waals surface area contributed by atoms with Gasteiger partial charge in [-0.15, -0.1) is 0 Å². The van der Waals surface area contributed by atoms with Crippen molar-refractivity contribution in [3.8, 4) is 5.75 Å². The Labute approximate surface area is 166 Å². The third kappa shape index (κ3) is 4.10. The highest BCUT2D eigenvalue weighted by Gasteiger charge is 2.24. The summed E-state index contributed by atoms with van der Waals surface area (Å²) in [7, 11) is 0. The Bertz CT molecular complexity index is 1010. The molecule has 1 aromatic heterocycles. The van der Waals surface area contributed by atoms with Gasteiger partial charge in [0.15, 0.2) is 0 Å². The van der Waals surface area contributed by atoms with Crippen LogP contribution in [0, 0.1) is 0 Å². The van der Waals surface area contributed by atoms with E-state index in [0.29, 0.717) is 19.1 Å². The van der Waals surface area contributed by atoms with Crippen molar-refractivity contribution in [1.82, 2.24) is 9.88 Å². The third-order valence-corrected chi connectivity index (χ3v) is 5.44. The molecule has 0 unspecified atom stereocenters. The van der Waals surface area contributed by atoms with Gasteiger partial charge < -0.3 is 19.7 Å². The third-order valence-electron chi connectivity index (χ3n) is 5.44. The average Bonchev–Trinajstić information content (AvgIpc) is 2.96. The molecule has 1 aliphatic rings. The predicted octanol–water partition coefficient (Wildman–Crippen LogP) is 4.63. The SMILES string of the molecule is O=C(O)c1c(CNC2CCC2)c2ccccc2n1Cc1ccc(OC(F)F)cc1. The molecule has 0 atom stereocenters. The molecule has 1 aliphatic carbocycles. The molecule has 0 saturated heterocycles. The summed E-state index contributed by atoms with van der Waals surface area (Å²) in [4.78, 5) is 12.2. The number of hydrogen-bond acceptors (Lipinski definition) is 3. The highest BCUT2D eigenvalue weighted by molar-refractivity contribution is 5.98. The summed E-state index contributed by atoms with van der Waals surface area (Å²) in [6.07, 6.45) is 3.44. The minimum atomic E-state index is -2.88. The van der Waals surface area contributed by atoms with E-state index in [1.54, 1.807) is 16.7 Å². The molecule has 29 heavy (non-hydrogen) atoms. The van der Waals surface area contributed by atoms with Crippen molar-refractivity contribution in [3.63, 3.8) is 0 Å². The van der Waals surface area contributed by atoms with Crippen LogP contribution in [0.3, 0.4) is 0 Å². The maximum absolute atomic E-state index is 12.3. The first-order valence-electron chi connectivity index (χ1n) is 9.63. The summed E-state index contributed by atoms with van der Waals surface area (Å²) in [6.45, 7) is -2.06. The summed E-state index contributed by atoms with van der Waals surface area (Å²) in [6, 6.07) is 14.3. The Morgan fingerprint density at radius 3 is 2.52 bits per heavy atom. The normalized spacial score (nSPS) is 14.3. The van der Waals surface area contributed by atoms with Crippen LogP contribution in [-0.4, -0.2) is 28.3 Å². The fourth-order valence-electron chi connectivity index (χ4n) is 3.78. The van der Waals surface area contributed by atoms with Crippen molar-refractivity contribution < 1.29 is 23.4 Å². The number of rotatable bonds is 8. The molecule has 0 spiro atoms. The van der Waals surface area contributed by atoms with Gasteiger partial charge in [0.25, 0.3) is 0 Å². The number of aromatic carboxylic acids is 1. The lowest BCUT2D eigenvalue weighted by molar-refractivity contribution is -0.0498. The number of carboxylic acid groups (broad SMARTS) is 1. The number of hydrogen-bond donors (Lipinski definition) is 2. The van der Waals surface area contributed by atoms with Crippen molar-refractivity contribution in [2.24, 2.45) is 0 Å². The zero-order valence-electron chi connectivity index (χ0n) is 15.8. The van der Waals surface area contributed by atoms with Crippen LogP contribution in [0.4, 0.5) is 8.78 Å². The summed E-state index contributed by atoms with van der Waals surface area (Å²) in [5.41, 5.74) is 2.67. The molecule has 4 rings (SSSR count). The molecule has 1 heterocycles. The second kappa shape index (κ2) is 8.21. The summed E-state index contributed by atoms with van der Waals surface area (Å²) < 4.78 is 30.9. The molecule has 5 nitrogen and oxygen atoms in total. The number of halogens is 2. The van der Waals surface area contributed by atoms with Crippen LogP contribution in [0.25, 0.3) is 10.9 Å². The number of carbonyl (C=O) groups is 1. The molecule has 7 heteroatoms. The van der Waals surface area contributed by atoms with E-state index in [-0.39, 0.29) is 11.4 Å². The minimum absolute atomic E-state index is 0.0740. The number of nitrogens with zero attached hydrogens (tertiary/aromatic N) is 1. The molecule has 0 aliphatic heterocycles. The van der Waals surface area contributed by atoms with E-state index in [9.17, 15) is 18.7 Å². The molecule has 2 aromatic carbocycles. The minimum Gasteiger partial charge on any atom is -0.477 e. The van der Waals surface area contributed by atoms with E-state index >= 15 is 0 Å². The first-order chi connectivity index (χ1) is 14.0. The number of nitrogens with one attached hydrogen (secondary N) is 1. The van der Waals surface area contributed by atoms with Crippen molar-refractivity contribution in [1.29, 1.82) is 0 Å². The van der Waals surface area contributed by atoms with Crippen LogP contribution in [-0.2, 0) is 13.1 Å². The molecular formula is C22H22F2N2O3. The topological polar surface area (TPSA) is 63.5 Å². The van der Waals surface area contributed by atoms with Crippen LogP contribution in [0.5, 0.6) is 5.75 Å². The largest absolute Gasteiger partial charge is 0.477 e. The standard InChI is InChI=1S/C22H22F2N2O3/c23-22(24)29-16-10-8-14(9-11-16)13-26-19-7-2-1-6-17(19)18(20(26)21(27)28)12-25-15-4-3-5-15/h1-2,6-11,15,22,25H,3-5,12-13H2,(H,27,28). The Morgan fingerprint density at radius 2 is 1.90 bits per heavy atom. The van der Waals surface area contributed by atoms with Gasteiger partial charge in [-0.3, -0.25) is 0 Å². The zero-order chi connectivity index (χ0) is 20.4. The molecule has 1 fully saturated rings. The molecule has 0 bridgehead atoms. The lowest BCUT2D eigenvalue weighted by Crippen LogP contribution is -2.34. The van der Waals surface area contributed by atoms with Crippen LogP contribution in [0.15, 0.2) is 48.5 Å². The quantitative estimate of drug-likeness (QED) is 0.579. The van der Waals surface area contributed by atoms with Gasteiger partial charge in [0.2, 0.25) is 0 Å². The Morgan fingerprint density at radius 1 is 1.17 bits per heavy atom. The van der Waals surface area contributed by atoms with Crippen molar-refractivity contribution >= 4 is 16.9 Å². The Balaban J connectivity index is 1.69. The molecule has 152 valence electrons. The Hall–Kier alpha value is -2.93. The van der Waals surface area contributed by atoms with Crippen LogP contribution in [0.2, 0.25) is 0 Å². The smallest absolute Gasteiger partial charge is 0.387 e. The average molecular weight is 400 g/mol. The Kier molecular flexibility index (Phi) is 5.49. The number of ether oxygens (including phenoxy) is 1. The number of para-hydroxylation sites is 1. The molecule has 0 amide bonds. The molecule has 3 aromatic rings. The second-order valence-corrected chi connectivity index (χ2v) is 7.27. The van der Waals surface area contributed by atoms with E-state index in [1.165, 1.54) is 18.6 Å². The fraction of sp³-hybridized carbons (Fsp3) is 0.318. The van der Waals surface area contributed by atoms with Crippen LogP contribution >= 0.6 is 0 Å². The maximum atomic E-state index is 12.3. The van der Waals surface area contributed by atoms with Crippen molar-refractivity contribution in [3.05, 3.63) is 65.4 Å². The molecule has 0 radical (unpaired) electrons. The first-order valence-corrected chi connectivity index (χ1v) is 9.63. The van der Waals surface area contributed by atoms with Gasteiger partial charge in [-0.1, -0.05) is 36.8 Å². The van der Waals surface area contributed by atoms with Gasteiger partial charge >= 0.3 is 12.6 Å². The van der Waals surface area contributed by atoms with Crippen molar-refractivity contribution in [2.75, 3.05) is 0 Å². The number of alkyl halides is 2. The summed E-state index contributed by atoms with van der Waals surface area (Å²) in [5.74, 6) is -0.908. The van der Waals surface area contributed by atoms with E-state index < -0.39 is 12.6 Å². The van der Waals surface area contributed by atoms with E-state index in [4.69, 9.17) is 0 Å². The van der Waals surface area contributed by atoms with Gasteiger partial charge in [-0.2, -0.15) is 8.78 Å². The number of benzene rings is 2. The van der Waals surface area contributed by atoms with Crippen molar-refractivity contribution in [2.45, 2.75) is 45.0 Å². The molecular weight excluding hydrogens is 378 g/mol. The van der Waals surface area contributed by atoms with E-state index in [1.807, 2.05) is 24.3 Å². The molecule has 1 saturated carbocycles. The summed E-state index contributed by atoms with van der Waals surface area (Å²) >= 11 is 0. The number of carboxylic acids is 1. The van der Waals surface area contributed by atoms with Gasteiger partial charge in [0, 0.05) is 35.6 Å². The van der Waals surface area contributed by atoms with E-state index in [0.717, 1.165) is 34.9 Å². The van der Waals surface area contributed by atoms with Gasteiger partial charge in [0.05, 0.1) is 0 Å². The molecule has 2 N–H and O–H groups in total. The lowest BCUT2D eigenvalue weighted by atomic mass is 9.93. The van der Waals surface area contributed by atoms with Gasteiger partial charge in [-0.05, 0) is 36.6 Å².